The van der Waals surface area contributed by atoms with Gasteiger partial charge in [0.15, 0.2) is 6.61 Å². The zero-order chi connectivity index (χ0) is 20.0. The van der Waals surface area contributed by atoms with Gasteiger partial charge in [-0.3, -0.25) is 9.59 Å². The van der Waals surface area contributed by atoms with E-state index in [9.17, 15) is 14.4 Å². The number of aryl methyl sites for hydroxylation is 2. The van der Waals surface area contributed by atoms with Crippen LogP contribution in [0.3, 0.4) is 0 Å². The molecular formula is C21H24N2O4. The summed E-state index contributed by atoms with van der Waals surface area (Å²) in [6.07, 6.45) is 0. The van der Waals surface area contributed by atoms with E-state index in [1.807, 2.05) is 38.1 Å². The Morgan fingerprint density at radius 2 is 1.67 bits per heavy atom. The van der Waals surface area contributed by atoms with Crippen LogP contribution in [0, 0.1) is 13.8 Å². The fourth-order valence-corrected chi connectivity index (χ4v) is 2.81. The molecule has 0 aliphatic heterocycles. The van der Waals surface area contributed by atoms with Crippen LogP contribution in [0.25, 0.3) is 0 Å². The molecule has 0 fully saturated rings. The number of benzene rings is 2. The maximum Gasteiger partial charge on any atom is 0.340 e. The number of hydrogen-bond donors (Lipinski definition) is 1. The molecule has 2 amide bonds. The average molecular weight is 368 g/mol. The number of para-hydroxylation sites is 2. The molecule has 0 heterocycles. The number of ether oxygens (including phenoxy) is 1. The monoisotopic (exact) mass is 368 g/mol. The third-order valence-corrected chi connectivity index (χ3v) is 4.14. The molecule has 0 spiro atoms. The molecule has 2 rings (SSSR count). The first-order valence-electron chi connectivity index (χ1n) is 8.75. The lowest BCUT2D eigenvalue weighted by molar-refractivity contribution is -0.121. The fourth-order valence-electron chi connectivity index (χ4n) is 2.81. The van der Waals surface area contributed by atoms with E-state index in [2.05, 4.69) is 5.32 Å². The van der Waals surface area contributed by atoms with Crippen LogP contribution < -0.4 is 10.2 Å². The first kappa shape index (κ1) is 20.2. The predicted molar refractivity (Wildman–Crippen MR) is 105 cm³/mol. The summed E-state index contributed by atoms with van der Waals surface area (Å²) in [5, 5.41) is 2.64. The molecule has 0 saturated carbocycles. The molecule has 0 bridgehead atoms. The SMILES string of the molecule is CCN(C(=O)COC(=O)c1cccc(C)c1NC(C)=O)c1ccccc1C. The van der Waals surface area contributed by atoms with Crippen molar-refractivity contribution in [3.63, 3.8) is 0 Å². The summed E-state index contributed by atoms with van der Waals surface area (Å²) >= 11 is 0. The molecular weight excluding hydrogens is 344 g/mol. The van der Waals surface area contributed by atoms with Crippen LogP contribution in [0.15, 0.2) is 42.5 Å². The quantitative estimate of drug-likeness (QED) is 0.792. The summed E-state index contributed by atoms with van der Waals surface area (Å²) < 4.78 is 5.23. The Labute approximate surface area is 159 Å². The van der Waals surface area contributed by atoms with Gasteiger partial charge >= 0.3 is 5.97 Å². The van der Waals surface area contributed by atoms with Crippen molar-refractivity contribution in [2.75, 3.05) is 23.4 Å². The highest BCUT2D eigenvalue weighted by Gasteiger charge is 2.20. The van der Waals surface area contributed by atoms with E-state index in [0.717, 1.165) is 16.8 Å². The van der Waals surface area contributed by atoms with Crippen LogP contribution in [-0.2, 0) is 14.3 Å². The molecule has 2 aromatic rings. The number of nitrogens with zero attached hydrogens (tertiary/aromatic N) is 1. The van der Waals surface area contributed by atoms with Gasteiger partial charge in [-0.2, -0.15) is 0 Å². The van der Waals surface area contributed by atoms with Crippen molar-refractivity contribution in [1.29, 1.82) is 0 Å². The molecule has 6 heteroatoms. The minimum Gasteiger partial charge on any atom is -0.452 e. The lowest BCUT2D eigenvalue weighted by atomic mass is 10.1. The van der Waals surface area contributed by atoms with Gasteiger partial charge in [-0.25, -0.2) is 4.79 Å². The second-order valence-electron chi connectivity index (χ2n) is 6.18. The van der Waals surface area contributed by atoms with Crippen molar-refractivity contribution in [3.05, 3.63) is 59.2 Å². The Kier molecular flexibility index (Phi) is 6.71. The lowest BCUT2D eigenvalue weighted by Gasteiger charge is -2.23. The minimum absolute atomic E-state index is 0.219. The summed E-state index contributed by atoms with van der Waals surface area (Å²) in [5.41, 5.74) is 3.10. The van der Waals surface area contributed by atoms with E-state index in [-0.39, 0.29) is 24.0 Å². The predicted octanol–water partition coefficient (Wildman–Crippen LogP) is 3.47. The van der Waals surface area contributed by atoms with Gasteiger partial charge in [0.1, 0.15) is 0 Å². The largest absolute Gasteiger partial charge is 0.452 e. The van der Waals surface area contributed by atoms with Gasteiger partial charge in [0.05, 0.1) is 11.3 Å². The number of esters is 1. The van der Waals surface area contributed by atoms with Crippen LogP contribution in [-0.4, -0.2) is 30.9 Å². The minimum atomic E-state index is -0.656. The Morgan fingerprint density at radius 1 is 1.00 bits per heavy atom. The topological polar surface area (TPSA) is 75.7 Å². The Balaban J connectivity index is 2.13. The zero-order valence-corrected chi connectivity index (χ0v) is 16.0. The Hall–Kier alpha value is -3.15. The normalized spacial score (nSPS) is 10.2. The molecule has 0 aromatic heterocycles. The number of likely N-dealkylation sites (N-methyl/N-ethyl adjacent to an activating group) is 1. The van der Waals surface area contributed by atoms with E-state index >= 15 is 0 Å². The maximum absolute atomic E-state index is 12.6. The molecule has 2 aromatic carbocycles. The lowest BCUT2D eigenvalue weighted by Crippen LogP contribution is -2.35. The second kappa shape index (κ2) is 8.98. The van der Waals surface area contributed by atoms with E-state index in [1.165, 1.54) is 6.92 Å². The van der Waals surface area contributed by atoms with Crippen molar-refractivity contribution in [2.24, 2.45) is 0 Å². The number of carbonyl (C=O) groups excluding carboxylic acids is 3. The van der Waals surface area contributed by atoms with Gasteiger partial charge in [0.25, 0.3) is 5.91 Å². The number of hydrogen-bond acceptors (Lipinski definition) is 4. The summed E-state index contributed by atoms with van der Waals surface area (Å²) in [4.78, 5) is 38.0. The van der Waals surface area contributed by atoms with Gasteiger partial charge < -0.3 is 15.0 Å². The highest BCUT2D eigenvalue weighted by atomic mass is 16.5. The molecule has 0 radical (unpaired) electrons. The molecule has 0 saturated heterocycles. The van der Waals surface area contributed by atoms with Crippen LogP contribution >= 0.6 is 0 Å². The highest BCUT2D eigenvalue weighted by Crippen LogP contribution is 2.22. The third kappa shape index (κ3) is 4.94. The molecule has 0 unspecified atom stereocenters. The van der Waals surface area contributed by atoms with Gasteiger partial charge in [-0.1, -0.05) is 30.3 Å². The highest BCUT2D eigenvalue weighted by molar-refractivity contribution is 6.03. The average Bonchev–Trinajstić information content (AvgIpc) is 2.63. The van der Waals surface area contributed by atoms with Gasteiger partial charge in [-0.05, 0) is 44.0 Å². The number of nitrogens with one attached hydrogen (secondary N) is 1. The zero-order valence-electron chi connectivity index (χ0n) is 16.0. The molecule has 27 heavy (non-hydrogen) atoms. The Morgan fingerprint density at radius 3 is 2.30 bits per heavy atom. The number of carbonyl (C=O) groups is 3. The molecule has 142 valence electrons. The maximum atomic E-state index is 12.6. The first-order valence-corrected chi connectivity index (χ1v) is 8.75. The summed E-state index contributed by atoms with van der Waals surface area (Å²) in [5.74, 6) is -1.25. The van der Waals surface area contributed by atoms with E-state index in [4.69, 9.17) is 4.74 Å². The van der Waals surface area contributed by atoms with Crippen LogP contribution in [0.5, 0.6) is 0 Å². The smallest absolute Gasteiger partial charge is 0.340 e. The van der Waals surface area contributed by atoms with E-state index in [1.54, 1.807) is 30.0 Å². The van der Waals surface area contributed by atoms with Gasteiger partial charge in [0.2, 0.25) is 5.91 Å². The van der Waals surface area contributed by atoms with Crippen molar-refractivity contribution in [1.82, 2.24) is 0 Å². The van der Waals surface area contributed by atoms with E-state index < -0.39 is 5.97 Å². The molecule has 1 N–H and O–H groups in total. The fraction of sp³-hybridized carbons (Fsp3) is 0.286. The summed E-state index contributed by atoms with van der Waals surface area (Å²) in [6, 6.07) is 12.6. The third-order valence-electron chi connectivity index (χ3n) is 4.14. The van der Waals surface area contributed by atoms with E-state index in [0.29, 0.717) is 12.2 Å². The summed E-state index contributed by atoms with van der Waals surface area (Å²) in [7, 11) is 0. The van der Waals surface area contributed by atoms with Gasteiger partial charge in [-0.15, -0.1) is 0 Å². The van der Waals surface area contributed by atoms with Crippen LogP contribution in [0.1, 0.15) is 35.3 Å². The van der Waals surface area contributed by atoms with Crippen LogP contribution in [0.4, 0.5) is 11.4 Å². The van der Waals surface area contributed by atoms with Gasteiger partial charge in [0, 0.05) is 19.2 Å². The second-order valence-corrected chi connectivity index (χ2v) is 6.18. The molecule has 0 aliphatic rings. The van der Waals surface area contributed by atoms with Crippen molar-refractivity contribution in [3.8, 4) is 0 Å². The number of rotatable bonds is 6. The molecule has 0 atom stereocenters. The molecule has 0 aliphatic carbocycles. The molecule has 6 nitrogen and oxygen atoms in total. The number of anilines is 2. The Bertz CT molecular complexity index is 861. The van der Waals surface area contributed by atoms with Crippen molar-refractivity contribution in [2.45, 2.75) is 27.7 Å². The van der Waals surface area contributed by atoms with Crippen LogP contribution in [0.2, 0.25) is 0 Å². The van der Waals surface area contributed by atoms with Crippen molar-refractivity contribution >= 4 is 29.2 Å². The van der Waals surface area contributed by atoms with Crippen molar-refractivity contribution < 1.29 is 19.1 Å². The first-order chi connectivity index (χ1) is 12.8. The standard InChI is InChI=1S/C21H24N2O4/c1-5-23(18-12-7-6-9-14(18)2)19(25)13-27-21(26)17-11-8-10-15(3)20(17)22-16(4)24/h6-12H,5,13H2,1-4H3,(H,22,24). The summed E-state index contributed by atoms with van der Waals surface area (Å²) in [6.45, 7) is 7.01. The number of amides is 2.